The number of benzene rings is 1. The number of hydrogen-bond donors (Lipinski definition) is 1. The molecule has 0 saturated carbocycles. The maximum Gasteiger partial charge on any atom is 0.276 e. The van der Waals surface area contributed by atoms with Crippen LogP contribution in [0.4, 0.5) is 5.13 Å². The number of aromatic nitrogens is 2. The van der Waals surface area contributed by atoms with E-state index in [2.05, 4.69) is 15.3 Å². The van der Waals surface area contributed by atoms with Crippen molar-refractivity contribution < 1.29 is 9.53 Å². The average Bonchev–Trinajstić information content (AvgIpc) is 3.16. The predicted molar refractivity (Wildman–Crippen MR) is 92.4 cm³/mol. The SMILES string of the molecule is Cc1ccc(OCc2nc(C(=O)Nc3ncc(C)s3)cs2)cc1. The number of hydrogen-bond acceptors (Lipinski definition) is 6. The van der Waals surface area contributed by atoms with Crippen LogP contribution < -0.4 is 10.1 Å². The van der Waals surface area contributed by atoms with Crippen LogP contribution in [0.2, 0.25) is 0 Å². The van der Waals surface area contributed by atoms with Crippen LogP contribution in [-0.2, 0) is 6.61 Å². The van der Waals surface area contributed by atoms with Gasteiger partial charge >= 0.3 is 0 Å². The van der Waals surface area contributed by atoms with Gasteiger partial charge in [-0.15, -0.1) is 22.7 Å². The van der Waals surface area contributed by atoms with E-state index >= 15 is 0 Å². The van der Waals surface area contributed by atoms with Gasteiger partial charge in [0.2, 0.25) is 0 Å². The summed E-state index contributed by atoms with van der Waals surface area (Å²) < 4.78 is 5.67. The third-order valence-electron chi connectivity index (χ3n) is 3.01. The maximum atomic E-state index is 12.1. The van der Waals surface area contributed by atoms with E-state index in [1.54, 1.807) is 11.6 Å². The summed E-state index contributed by atoms with van der Waals surface area (Å²) in [7, 11) is 0. The normalized spacial score (nSPS) is 10.5. The largest absolute Gasteiger partial charge is 0.486 e. The molecule has 0 saturated heterocycles. The molecule has 0 aliphatic carbocycles. The monoisotopic (exact) mass is 345 g/mol. The van der Waals surface area contributed by atoms with Crippen molar-refractivity contribution in [2.45, 2.75) is 20.5 Å². The molecule has 0 aliphatic heterocycles. The lowest BCUT2D eigenvalue weighted by Crippen LogP contribution is -2.12. The number of aryl methyl sites for hydroxylation is 2. The van der Waals surface area contributed by atoms with Gasteiger partial charge in [-0.05, 0) is 26.0 Å². The molecule has 7 heteroatoms. The van der Waals surface area contributed by atoms with Crippen molar-refractivity contribution in [1.82, 2.24) is 9.97 Å². The van der Waals surface area contributed by atoms with Crippen LogP contribution in [0, 0.1) is 13.8 Å². The molecule has 1 amide bonds. The van der Waals surface area contributed by atoms with Gasteiger partial charge in [0, 0.05) is 16.5 Å². The van der Waals surface area contributed by atoms with Crippen LogP contribution in [-0.4, -0.2) is 15.9 Å². The molecule has 5 nitrogen and oxygen atoms in total. The zero-order valence-electron chi connectivity index (χ0n) is 12.7. The molecule has 1 aromatic carbocycles. The summed E-state index contributed by atoms with van der Waals surface area (Å²) in [5.74, 6) is 0.534. The number of nitrogens with one attached hydrogen (secondary N) is 1. The molecule has 0 bridgehead atoms. The number of carbonyl (C=O) groups is 1. The van der Waals surface area contributed by atoms with Gasteiger partial charge in [-0.3, -0.25) is 10.1 Å². The summed E-state index contributed by atoms with van der Waals surface area (Å²) >= 11 is 2.84. The van der Waals surface area contributed by atoms with Crippen molar-refractivity contribution in [2.24, 2.45) is 0 Å². The van der Waals surface area contributed by atoms with Crippen molar-refractivity contribution in [1.29, 1.82) is 0 Å². The average molecular weight is 345 g/mol. The van der Waals surface area contributed by atoms with E-state index < -0.39 is 0 Å². The van der Waals surface area contributed by atoms with Crippen molar-refractivity contribution in [3.63, 3.8) is 0 Å². The number of thiazole rings is 2. The van der Waals surface area contributed by atoms with E-state index in [1.165, 1.54) is 28.2 Å². The Morgan fingerprint density at radius 3 is 2.74 bits per heavy atom. The number of nitrogens with zero attached hydrogens (tertiary/aromatic N) is 2. The lowest BCUT2D eigenvalue weighted by Gasteiger charge is -2.03. The Kier molecular flexibility index (Phi) is 4.68. The van der Waals surface area contributed by atoms with E-state index in [0.717, 1.165) is 15.6 Å². The van der Waals surface area contributed by atoms with Crippen molar-refractivity contribution in [2.75, 3.05) is 5.32 Å². The second kappa shape index (κ2) is 6.89. The second-order valence-corrected chi connectivity index (χ2v) is 7.14. The molecule has 2 aromatic heterocycles. The Morgan fingerprint density at radius 1 is 1.26 bits per heavy atom. The third kappa shape index (κ3) is 4.14. The highest BCUT2D eigenvalue weighted by molar-refractivity contribution is 7.15. The summed E-state index contributed by atoms with van der Waals surface area (Å²) in [4.78, 5) is 21.6. The molecule has 0 unspecified atom stereocenters. The number of amides is 1. The zero-order chi connectivity index (χ0) is 16.2. The topological polar surface area (TPSA) is 64.1 Å². The molecule has 0 radical (unpaired) electrons. The first-order valence-corrected chi connectivity index (χ1v) is 8.67. The fourth-order valence-corrected chi connectivity index (χ4v) is 3.18. The van der Waals surface area contributed by atoms with Crippen LogP contribution >= 0.6 is 22.7 Å². The molecule has 3 rings (SSSR count). The highest BCUT2D eigenvalue weighted by Crippen LogP contribution is 2.19. The van der Waals surface area contributed by atoms with Gasteiger partial charge in [0.1, 0.15) is 23.1 Å². The molecule has 0 aliphatic rings. The lowest BCUT2D eigenvalue weighted by molar-refractivity contribution is 0.102. The van der Waals surface area contributed by atoms with Crippen LogP contribution in [0.25, 0.3) is 0 Å². The molecule has 118 valence electrons. The Bertz CT molecular complexity index is 809. The number of carbonyl (C=O) groups excluding carboxylic acids is 1. The molecule has 0 atom stereocenters. The lowest BCUT2D eigenvalue weighted by atomic mass is 10.2. The van der Waals surface area contributed by atoms with Gasteiger partial charge in [-0.2, -0.15) is 0 Å². The van der Waals surface area contributed by atoms with Crippen molar-refractivity contribution in [3.8, 4) is 5.75 Å². The van der Waals surface area contributed by atoms with Crippen LogP contribution in [0.1, 0.15) is 25.9 Å². The Morgan fingerprint density at radius 2 is 2.04 bits per heavy atom. The summed E-state index contributed by atoms with van der Waals surface area (Å²) in [5.41, 5.74) is 1.56. The predicted octanol–water partition coefficient (Wildman–Crippen LogP) is 4.05. The number of anilines is 1. The first kappa shape index (κ1) is 15.6. The van der Waals surface area contributed by atoms with Crippen LogP contribution in [0.5, 0.6) is 5.75 Å². The fourth-order valence-electron chi connectivity index (χ4n) is 1.83. The van der Waals surface area contributed by atoms with E-state index in [9.17, 15) is 4.79 Å². The summed E-state index contributed by atoms with van der Waals surface area (Å²) in [6.07, 6.45) is 1.72. The van der Waals surface area contributed by atoms with E-state index in [-0.39, 0.29) is 5.91 Å². The van der Waals surface area contributed by atoms with Crippen molar-refractivity contribution in [3.05, 3.63) is 57.0 Å². The quantitative estimate of drug-likeness (QED) is 0.758. The fraction of sp³-hybridized carbons (Fsp3) is 0.188. The molecule has 1 N–H and O–H groups in total. The molecular formula is C16H15N3O2S2. The van der Waals surface area contributed by atoms with Gasteiger partial charge in [0.05, 0.1) is 0 Å². The van der Waals surface area contributed by atoms with Gasteiger partial charge < -0.3 is 4.74 Å². The molecule has 0 spiro atoms. The molecule has 0 fully saturated rings. The highest BCUT2D eigenvalue weighted by atomic mass is 32.1. The Labute approximate surface area is 142 Å². The van der Waals surface area contributed by atoms with E-state index in [4.69, 9.17) is 4.74 Å². The summed E-state index contributed by atoms with van der Waals surface area (Å²) in [6, 6.07) is 7.82. The standard InChI is InChI=1S/C16H15N3O2S2/c1-10-3-5-12(6-4-10)21-8-14-18-13(9-22-14)15(20)19-16-17-7-11(2)23-16/h3-7,9H,8H2,1-2H3,(H,17,19,20). The first-order chi connectivity index (χ1) is 11.1. The summed E-state index contributed by atoms with van der Waals surface area (Å²) in [5, 5.41) is 5.81. The Hall–Kier alpha value is -2.25. The minimum absolute atomic E-state index is 0.253. The second-order valence-electron chi connectivity index (χ2n) is 4.96. The van der Waals surface area contributed by atoms with Gasteiger partial charge in [-0.25, -0.2) is 9.97 Å². The number of ether oxygens (including phenoxy) is 1. The van der Waals surface area contributed by atoms with Gasteiger partial charge in [0.15, 0.2) is 5.13 Å². The van der Waals surface area contributed by atoms with E-state index in [0.29, 0.717) is 17.4 Å². The highest BCUT2D eigenvalue weighted by Gasteiger charge is 2.13. The zero-order valence-corrected chi connectivity index (χ0v) is 14.3. The van der Waals surface area contributed by atoms with Crippen LogP contribution in [0.3, 0.4) is 0 Å². The minimum Gasteiger partial charge on any atom is -0.486 e. The van der Waals surface area contributed by atoms with Gasteiger partial charge in [-0.1, -0.05) is 17.7 Å². The molecule has 23 heavy (non-hydrogen) atoms. The summed E-state index contributed by atoms with van der Waals surface area (Å²) in [6.45, 7) is 4.31. The smallest absolute Gasteiger partial charge is 0.276 e. The van der Waals surface area contributed by atoms with Gasteiger partial charge in [0.25, 0.3) is 5.91 Å². The molecule has 3 aromatic rings. The maximum absolute atomic E-state index is 12.1. The first-order valence-electron chi connectivity index (χ1n) is 6.98. The third-order valence-corrected chi connectivity index (χ3v) is 4.66. The number of rotatable bonds is 5. The molecule has 2 heterocycles. The van der Waals surface area contributed by atoms with E-state index in [1.807, 2.05) is 38.1 Å². The Balaban J connectivity index is 1.59. The minimum atomic E-state index is -0.253. The van der Waals surface area contributed by atoms with Crippen LogP contribution in [0.15, 0.2) is 35.8 Å². The molecular weight excluding hydrogens is 330 g/mol. The van der Waals surface area contributed by atoms with Crippen molar-refractivity contribution >= 4 is 33.7 Å².